The van der Waals surface area contributed by atoms with Crippen LogP contribution in [0.3, 0.4) is 0 Å². The maximum absolute atomic E-state index is 10.5. The van der Waals surface area contributed by atoms with Crippen LogP contribution in [0.2, 0.25) is 0 Å². The monoisotopic (exact) mass is 358 g/mol. The van der Waals surface area contributed by atoms with Gasteiger partial charge < -0.3 is 15.2 Å². The van der Waals surface area contributed by atoms with Crippen LogP contribution >= 0.6 is 0 Å². The van der Waals surface area contributed by atoms with E-state index in [1.165, 1.54) is 7.11 Å². The normalized spacial score (nSPS) is 10.7. The number of rotatable bonds is 5. The van der Waals surface area contributed by atoms with Gasteiger partial charge in [0.1, 0.15) is 5.82 Å². The zero-order chi connectivity index (χ0) is 18.6. The molecule has 0 bridgehead atoms. The zero-order valence-corrected chi connectivity index (χ0v) is 14.8. The lowest BCUT2D eigenvalue weighted by molar-refractivity contribution is 0.374. The Labute approximate surface area is 156 Å². The van der Waals surface area contributed by atoms with Gasteiger partial charge in [0.05, 0.1) is 18.2 Å². The SMILES string of the molecule is COc1cccc(-c2nc(NCc3cccnc3)c3ccccc3n2)c1O. The molecule has 0 saturated carbocycles. The molecule has 0 aliphatic heterocycles. The van der Waals surface area contributed by atoms with Gasteiger partial charge in [-0.2, -0.15) is 0 Å². The van der Waals surface area contributed by atoms with Crippen molar-refractivity contribution in [3.05, 3.63) is 72.6 Å². The van der Waals surface area contributed by atoms with Crippen molar-refractivity contribution in [3.8, 4) is 22.9 Å². The third-order valence-electron chi connectivity index (χ3n) is 4.25. The van der Waals surface area contributed by atoms with Crippen molar-refractivity contribution >= 4 is 16.7 Å². The van der Waals surface area contributed by atoms with Gasteiger partial charge in [0.25, 0.3) is 0 Å². The molecule has 0 amide bonds. The molecule has 27 heavy (non-hydrogen) atoms. The summed E-state index contributed by atoms with van der Waals surface area (Å²) in [5, 5.41) is 14.7. The van der Waals surface area contributed by atoms with E-state index >= 15 is 0 Å². The topological polar surface area (TPSA) is 80.2 Å². The van der Waals surface area contributed by atoms with Crippen molar-refractivity contribution in [1.82, 2.24) is 15.0 Å². The number of phenolic OH excluding ortho intramolecular Hbond substituents is 1. The fraction of sp³-hybridized carbons (Fsp3) is 0.0952. The number of phenols is 1. The lowest BCUT2D eigenvalue weighted by Crippen LogP contribution is -2.04. The second kappa shape index (κ2) is 7.29. The van der Waals surface area contributed by atoms with Gasteiger partial charge in [0.15, 0.2) is 17.3 Å². The Morgan fingerprint density at radius 3 is 2.70 bits per heavy atom. The molecular formula is C21H18N4O2. The molecule has 0 aliphatic rings. The van der Waals surface area contributed by atoms with Crippen LogP contribution in [0.1, 0.15) is 5.56 Å². The van der Waals surface area contributed by atoms with Crippen LogP contribution in [-0.2, 0) is 6.54 Å². The molecule has 134 valence electrons. The molecule has 4 rings (SSSR count). The molecule has 2 aromatic heterocycles. The van der Waals surface area contributed by atoms with Crippen LogP contribution in [0.5, 0.6) is 11.5 Å². The fourth-order valence-corrected chi connectivity index (χ4v) is 2.89. The molecule has 0 radical (unpaired) electrons. The van der Waals surface area contributed by atoms with Gasteiger partial charge in [-0.1, -0.05) is 24.3 Å². The lowest BCUT2D eigenvalue weighted by atomic mass is 10.1. The number of benzene rings is 2. The van der Waals surface area contributed by atoms with E-state index < -0.39 is 0 Å². The fourth-order valence-electron chi connectivity index (χ4n) is 2.89. The molecule has 0 aliphatic carbocycles. The predicted octanol–water partition coefficient (Wildman–Crippen LogP) is 4.02. The highest BCUT2D eigenvalue weighted by atomic mass is 16.5. The number of ether oxygens (including phenoxy) is 1. The number of hydrogen-bond donors (Lipinski definition) is 2. The quantitative estimate of drug-likeness (QED) is 0.561. The molecule has 6 heteroatoms. The first-order chi connectivity index (χ1) is 13.3. The number of pyridine rings is 1. The van der Waals surface area contributed by atoms with Crippen LogP contribution in [0.15, 0.2) is 67.0 Å². The molecular weight excluding hydrogens is 340 g/mol. The van der Waals surface area contributed by atoms with Crippen LogP contribution in [0.25, 0.3) is 22.3 Å². The first-order valence-electron chi connectivity index (χ1n) is 8.52. The average molecular weight is 358 g/mol. The van der Waals surface area contributed by atoms with Gasteiger partial charge >= 0.3 is 0 Å². The van der Waals surface area contributed by atoms with Crippen molar-refractivity contribution < 1.29 is 9.84 Å². The Hall–Kier alpha value is -3.67. The number of anilines is 1. The number of para-hydroxylation sites is 2. The van der Waals surface area contributed by atoms with Crippen molar-refractivity contribution in [3.63, 3.8) is 0 Å². The maximum atomic E-state index is 10.5. The number of methoxy groups -OCH3 is 1. The summed E-state index contributed by atoms with van der Waals surface area (Å²) in [7, 11) is 1.51. The predicted molar refractivity (Wildman–Crippen MR) is 105 cm³/mol. The number of aromatic nitrogens is 3. The largest absolute Gasteiger partial charge is 0.504 e. The Bertz CT molecular complexity index is 1080. The standard InChI is InChI=1S/C21H18N4O2/c1-27-18-10-4-8-16(19(18)26)21-24-17-9-3-2-7-15(17)20(25-21)23-13-14-6-5-11-22-12-14/h2-12,26H,13H2,1H3,(H,23,24,25). The minimum atomic E-state index is 0.0218. The summed E-state index contributed by atoms with van der Waals surface area (Å²) in [6.07, 6.45) is 3.55. The number of aromatic hydroxyl groups is 1. The number of fused-ring (bicyclic) bond motifs is 1. The first-order valence-corrected chi connectivity index (χ1v) is 8.52. The van der Waals surface area contributed by atoms with E-state index in [0.717, 1.165) is 16.5 Å². The highest BCUT2D eigenvalue weighted by Crippen LogP contribution is 2.36. The summed E-state index contributed by atoms with van der Waals surface area (Å²) in [6, 6.07) is 16.9. The minimum Gasteiger partial charge on any atom is -0.504 e. The van der Waals surface area contributed by atoms with Crippen LogP contribution in [0.4, 0.5) is 5.82 Å². The van der Waals surface area contributed by atoms with Crippen molar-refractivity contribution in [2.75, 3.05) is 12.4 Å². The third kappa shape index (κ3) is 3.37. The van der Waals surface area contributed by atoms with Gasteiger partial charge in [-0.15, -0.1) is 0 Å². The molecule has 0 atom stereocenters. The van der Waals surface area contributed by atoms with Crippen LogP contribution in [0, 0.1) is 0 Å². The number of nitrogens with one attached hydrogen (secondary N) is 1. The highest BCUT2D eigenvalue weighted by Gasteiger charge is 2.15. The second-order valence-corrected chi connectivity index (χ2v) is 5.98. The average Bonchev–Trinajstić information content (AvgIpc) is 2.72. The summed E-state index contributed by atoms with van der Waals surface area (Å²) in [6.45, 7) is 0.582. The summed E-state index contributed by atoms with van der Waals surface area (Å²) in [5.41, 5.74) is 2.36. The summed E-state index contributed by atoms with van der Waals surface area (Å²) >= 11 is 0. The smallest absolute Gasteiger partial charge is 0.168 e. The van der Waals surface area contributed by atoms with E-state index in [9.17, 15) is 5.11 Å². The number of hydrogen-bond acceptors (Lipinski definition) is 6. The van der Waals surface area contributed by atoms with E-state index in [1.54, 1.807) is 24.4 Å². The van der Waals surface area contributed by atoms with Crippen molar-refractivity contribution in [2.24, 2.45) is 0 Å². The van der Waals surface area contributed by atoms with E-state index in [1.807, 2.05) is 42.6 Å². The third-order valence-corrected chi connectivity index (χ3v) is 4.25. The highest BCUT2D eigenvalue weighted by molar-refractivity contribution is 5.91. The second-order valence-electron chi connectivity index (χ2n) is 5.98. The minimum absolute atomic E-state index is 0.0218. The molecule has 2 aromatic carbocycles. The zero-order valence-electron chi connectivity index (χ0n) is 14.8. The maximum Gasteiger partial charge on any atom is 0.168 e. The summed E-state index contributed by atoms with van der Waals surface area (Å²) in [5.74, 6) is 1.53. The lowest BCUT2D eigenvalue weighted by Gasteiger charge is -2.12. The Balaban J connectivity index is 1.79. The Morgan fingerprint density at radius 2 is 1.89 bits per heavy atom. The van der Waals surface area contributed by atoms with Gasteiger partial charge in [-0.3, -0.25) is 4.98 Å². The number of nitrogens with zero attached hydrogens (tertiary/aromatic N) is 3. The molecule has 2 N–H and O–H groups in total. The molecule has 0 fully saturated rings. The summed E-state index contributed by atoms with van der Waals surface area (Å²) < 4.78 is 5.20. The van der Waals surface area contributed by atoms with E-state index in [-0.39, 0.29) is 5.75 Å². The molecule has 0 saturated heterocycles. The molecule has 0 spiro atoms. The molecule has 2 heterocycles. The van der Waals surface area contributed by atoms with Crippen molar-refractivity contribution in [1.29, 1.82) is 0 Å². The van der Waals surface area contributed by atoms with E-state index in [0.29, 0.717) is 29.5 Å². The van der Waals surface area contributed by atoms with Crippen LogP contribution < -0.4 is 10.1 Å². The summed E-state index contributed by atoms with van der Waals surface area (Å²) in [4.78, 5) is 13.4. The molecule has 6 nitrogen and oxygen atoms in total. The Kier molecular flexibility index (Phi) is 4.53. The van der Waals surface area contributed by atoms with Gasteiger partial charge in [0.2, 0.25) is 0 Å². The molecule has 4 aromatic rings. The van der Waals surface area contributed by atoms with E-state index in [2.05, 4.69) is 20.3 Å². The first kappa shape index (κ1) is 16.8. The van der Waals surface area contributed by atoms with Gasteiger partial charge in [-0.05, 0) is 35.9 Å². The van der Waals surface area contributed by atoms with Gasteiger partial charge in [0, 0.05) is 24.3 Å². The van der Waals surface area contributed by atoms with Gasteiger partial charge in [-0.25, -0.2) is 9.97 Å². The van der Waals surface area contributed by atoms with Crippen molar-refractivity contribution in [2.45, 2.75) is 6.54 Å². The van der Waals surface area contributed by atoms with Crippen LogP contribution in [-0.4, -0.2) is 27.2 Å². The molecule has 0 unspecified atom stereocenters. The van der Waals surface area contributed by atoms with E-state index in [4.69, 9.17) is 4.74 Å². The Morgan fingerprint density at radius 1 is 1.00 bits per heavy atom.